The fraction of sp³-hybridized carbons (Fsp3) is 0.217. The lowest BCUT2D eigenvalue weighted by Crippen LogP contribution is -2.29. The van der Waals surface area contributed by atoms with Crippen molar-refractivity contribution in [1.29, 1.82) is 0 Å². The van der Waals surface area contributed by atoms with Crippen LogP contribution in [0.1, 0.15) is 40.4 Å². The number of hydrogen-bond donors (Lipinski definition) is 1. The molecule has 2 aromatic carbocycles. The van der Waals surface area contributed by atoms with Crippen molar-refractivity contribution < 1.29 is 4.79 Å². The van der Waals surface area contributed by atoms with Gasteiger partial charge in [0, 0.05) is 28.6 Å². The summed E-state index contributed by atoms with van der Waals surface area (Å²) in [6, 6.07) is 22.3. The first-order valence-corrected chi connectivity index (χ1v) is 10.3. The molecule has 0 bridgehead atoms. The van der Waals surface area contributed by atoms with Gasteiger partial charge in [0.1, 0.15) is 0 Å². The average molecular weight is 375 g/mol. The normalized spacial score (nSPS) is 14.5. The van der Waals surface area contributed by atoms with Gasteiger partial charge in [-0.15, -0.1) is 11.8 Å². The molecular weight excluding hydrogens is 352 g/mol. The van der Waals surface area contributed by atoms with E-state index in [2.05, 4.69) is 28.5 Å². The Morgan fingerprint density at radius 3 is 2.48 bits per heavy atom. The van der Waals surface area contributed by atoms with E-state index < -0.39 is 0 Å². The largest absolute Gasteiger partial charge is 0.345 e. The summed E-state index contributed by atoms with van der Waals surface area (Å²) in [5, 5.41) is 3.23. The smallest absolute Gasteiger partial charge is 0.251 e. The van der Waals surface area contributed by atoms with Gasteiger partial charge in [0.2, 0.25) is 0 Å². The Bertz CT molecular complexity index is 877. The highest BCUT2D eigenvalue weighted by molar-refractivity contribution is 7.98. The zero-order chi connectivity index (χ0) is 18.5. The number of pyridine rings is 1. The van der Waals surface area contributed by atoms with Gasteiger partial charge < -0.3 is 5.32 Å². The lowest BCUT2D eigenvalue weighted by atomic mass is 10.0. The molecule has 1 heterocycles. The summed E-state index contributed by atoms with van der Waals surface area (Å²) in [5.41, 5.74) is 3.10. The van der Waals surface area contributed by atoms with Crippen LogP contribution in [-0.4, -0.2) is 10.9 Å². The van der Waals surface area contributed by atoms with Gasteiger partial charge in [-0.25, -0.2) is 0 Å². The van der Waals surface area contributed by atoms with Gasteiger partial charge in [-0.3, -0.25) is 9.78 Å². The molecule has 3 nitrogen and oxygen atoms in total. The van der Waals surface area contributed by atoms with Gasteiger partial charge >= 0.3 is 0 Å². The lowest BCUT2D eigenvalue weighted by molar-refractivity contribution is 0.0931. The van der Waals surface area contributed by atoms with E-state index in [1.54, 1.807) is 18.0 Å². The monoisotopic (exact) mass is 374 g/mol. The zero-order valence-corrected chi connectivity index (χ0v) is 15.9. The van der Waals surface area contributed by atoms with Gasteiger partial charge in [0.15, 0.2) is 0 Å². The quantitative estimate of drug-likeness (QED) is 0.574. The van der Waals surface area contributed by atoms with Gasteiger partial charge in [-0.1, -0.05) is 36.4 Å². The maximum absolute atomic E-state index is 12.7. The van der Waals surface area contributed by atoms with E-state index >= 15 is 0 Å². The Balaban J connectivity index is 1.38. The fourth-order valence-corrected chi connectivity index (χ4v) is 3.97. The standard InChI is InChI=1S/C23H22N2OS/c26-23(25-22(19-8-9-19)18-6-2-1-3-7-18)20-10-12-21(13-11-20)27-16-17-5-4-14-24-15-17/h1-7,10-15,19,22H,8-9,16H2,(H,25,26). The van der Waals surface area contributed by atoms with Gasteiger partial charge in [0.05, 0.1) is 6.04 Å². The van der Waals surface area contributed by atoms with Crippen molar-refractivity contribution in [3.8, 4) is 0 Å². The van der Waals surface area contributed by atoms with E-state index in [0.29, 0.717) is 11.5 Å². The summed E-state index contributed by atoms with van der Waals surface area (Å²) < 4.78 is 0. The Morgan fingerprint density at radius 1 is 1.04 bits per heavy atom. The number of rotatable bonds is 7. The number of carbonyl (C=O) groups excluding carboxylic acids is 1. The van der Waals surface area contributed by atoms with Crippen LogP contribution in [0.25, 0.3) is 0 Å². The molecule has 27 heavy (non-hydrogen) atoms. The molecule has 1 aliphatic carbocycles. The molecular formula is C23H22N2OS. The average Bonchev–Trinajstić information content (AvgIpc) is 3.57. The number of carbonyl (C=O) groups is 1. The maximum atomic E-state index is 12.7. The molecule has 4 heteroatoms. The van der Waals surface area contributed by atoms with E-state index in [-0.39, 0.29) is 11.9 Å². The van der Waals surface area contributed by atoms with Crippen LogP contribution in [0.5, 0.6) is 0 Å². The molecule has 1 aliphatic rings. The van der Waals surface area contributed by atoms with Gasteiger partial charge in [-0.2, -0.15) is 0 Å². The van der Waals surface area contributed by atoms with E-state index in [1.807, 2.05) is 54.7 Å². The number of nitrogens with one attached hydrogen (secondary N) is 1. The summed E-state index contributed by atoms with van der Waals surface area (Å²) in [5.74, 6) is 1.43. The van der Waals surface area contributed by atoms with Crippen molar-refractivity contribution in [3.05, 3.63) is 95.8 Å². The Morgan fingerprint density at radius 2 is 1.81 bits per heavy atom. The van der Waals surface area contributed by atoms with Crippen molar-refractivity contribution in [2.24, 2.45) is 5.92 Å². The second-order valence-corrected chi connectivity index (χ2v) is 7.92. The molecule has 136 valence electrons. The minimum absolute atomic E-state index is 0.000405. The highest BCUT2D eigenvalue weighted by Crippen LogP contribution is 2.41. The maximum Gasteiger partial charge on any atom is 0.251 e. The van der Waals surface area contributed by atoms with Crippen molar-refractivity contribution in [1.82, 2.24) is 10.3 Å². The number of hydrogen-bond acceptors (Lipinski definition) is 3. The van der Waals surface area contributed by atoms with Crippen LogP contribution >= 0.6 is 11.8 Å². The molecule has 1 amide bonds. The van der Waals surface area contributed by atoms with Crippen molar-refractivity contribution in [3.63, 3.8) is 0 Å². The fourth-order valence-electron chi connectivity index (χ4n) is 3.14. The van der Waals surface area contributed by atoms with Gasteiger partial charge in [0.25, 0.3) is 5.91 Å². The van der Waals surface area contributed by atoms with Crippen LogP contribution in [0, 0.1) is 5.92 Å². The third-order valence-corrected chi connectivity index (χ3v) is 5.87. The third kappa shape index (κ3) is 4.77. The number of benzene rings is 2. The first-order chi connectivity index (χ1) is 13.3. The van der Waals surface area contributed by atoms with Crippen molar-refractivity contribution >= 4 is 17.7 Å². The first-order valence-electron chi connectivity index (χ1n) is 9.27. The summed E-state index contributed by atoms with van der Waals surface area (Å²) in [4.78, 5) is 18.0. The molecule has 1 N–H and O–H groups in total. The van der Waals surface area contributed by atoms with Gasteiger partial charge in [-0.05, 0) is 60.2 Å². The summed E-state index contributed by atoms with van der Waals surface area (Å²) in [6.07, 6.45) is 6.04. The molecule has 1 saturated carbocycles. The van der Waals surface area contributed by atoms with E-state index in [9.17, 15) is 4.79 Å². The topological polar surface area (TPSA) is 42.0 Å². The Labute approximate surface area is 164 Å². The SMILES string of the molecule is O=C(NC(c1ccccc1)C1CC1)c1ccc(SCc2cccnc2)cc1. The predicted molar refractivity (Wildman–Crippen MR) is 110 cm³/mol. The molecule has 0 saturated heterocycles. The molecule has 1 atom stereocenters. The number of thioether (sulfide) groups is 1. The van der Waals surface area contributed by atoms with E-state index in [4.69, 9.17) is 0 Å². The molecule has 1 unspecified atom stereocenters. The highest BCUT2D eigenvalue weighted by atomic mass is 32.2. The van der Waals surface area contributed by atoms with Crippen LogP contribution < -0.4 is 5.32 Å². The Kier molecular flexibility index (Phi) is 5.54. The second-order valence-electron chi connectivity index (χ2n) is 6.87. The predicted octanol–water partition coefficient (Wildman–Crippen LogP) is 5.26. The molecule has 3 aromatic rings. The highest BCUT2D eigenvalue weighted by Gasteiger charge is 2.33. The summed E-state index contributed by atoms with van der Waals surface area (Å²) >= 11 is 1.75. The number of aromatic nitrogens is 1. The van der Waals surface area contributed by atoms with E-state index in [1.165, 1.54) is 24.0 Å². The molecule has 1 fully saturated rings. The minimum atomic E-state index is -0.000405. The van der Waals surface area contributed by atoms with Crippen LogP contribution in [0.3, 0.4) is 0 Å². The number of nitrogens with zero attached hydrogens (tertiary/aromatic N) is 1. The molecule has 4 rings (SSSR count). The molecule has 1 aromatic heterocycles. The molecule has 0 aliphatic heterocycles. The van der Waals surface area contributed by atoms with Crippen LogP contribution in [0.15, 0.2) is 84.0 Å². The molecule has 0 spiro atoms. The summed E-state index contributed by atoms with van der Waals surface area (Å²) in [7, 11) is 0. The summed E-state index contributed by atoms with van der Waals surface area (Å²) in [6.45, 7) is 0. The Hall–Kier alpha value is -2.59. The van der Waals surface area contributed by atoms with Crippen LogP contribution in [-0.2, 0) is 5.75 Å². The lowest BCUT2D eigenvalue weighted by Gasteiger charge is -2.19. The zero-order valence-electron chi connectivity index (χ0n) is 15.0. The first kappa shape index (κ1) is 17.8. The van der Waals surface area contributed by atoms with Crippen molar-refractivity contribution in [2.75, 3.05) is 0 Å². The third-order valence-electron chi connectivity index (χ3n) is 4.78. The van der Waals surface area contributed by atoms with Crippen molar-refractivity contribution in [2.45, 2.75) is 29.5 Å². The molecule has 0 radical (unpaired) electrons. The van der Waals surface area contributed by atoms with E-state index in [0.717, 1.165) is 10.6 Å². The minimum Gasteiger partial charge on any atom is -0.345 e. The number of amides is 1. The second kappa shape index (κ2) is 8.40. The van der Waals surface area contributed by atoms with Crippen LogP contribution in [0.4, 0.5) is 0 Å². The van der Waals surface area contributed by atoms with Crippen LogP contribution in [0.2, 0.25) is 0 Å².